The highest BCUT2D eigenvalue weighted by Gasteiger charge is 2.29. The van der Waals surface area contributed by atoms with Gasteiger partial charge < -0.3 is 15.4 Å². The number of amides is 1. The van der Waals surface area contributed by atoms with Crippen molar-refractivity contribution in [3.63, 3.8) is 0 Å². The van der Waals surface area contributed by atoms with E-state index in [0.717, 1.165) is 37.6 Å². The smallest absolute Gasteiger partial charge is 0.266 e. The number of anilines is 1. The van der Waals surface area contributed by atoms with Gasteiger partial charge in [0.05, 0.1) is 5.69 Å². The maximum Gasteiger partial charge on any atom is 0.266 e. The Kier molecular flexibility index (Phi) is 3.17. The Morgan fingerprint density at radius 2 is 2.06 bits per heavy atom. The summed E-state index contributed by atoms with van der Waals surface area (Å²) in [6.45, 7) is 4.54. The largest absolute Gasteiger partial charge is 0.477 e. The van der Waals surface area contributed by atoms with Crippen molar-refractivity contribution in [2.24, 2.45) is 0 Å². The van der Waals surface area contributed by atoms with Gasteiger partial charge in [-0.25, -0.2) is 0 Å². The zero-order chi connectivity index (χ0) is 12.4. The van der Waals surface area contributed by atoms with Crippen LogP contribution in [0.25, 0.3) is 0 Å². The molecule has 0 radical (unpaired) electrons. The first-order valence-electron chi connectivity index (χ1n) is 6.32. The van der Waals surface area contributed by atoms with Gasteiger partial charge in [-0.3, -0.25) is 9.69 Å². The van der Waals surface area contributed by atoms with Crippen molar-refractivity contribution >= 4 is 11.6 Å². The Balaban J connectivity index is 1.68. The Hall–Kier alpha value is -1.59. The molecule has 1 fully saturated rings. The van der Waals surface area contributed by atoms with Crippen LogP contribution in [0, 0.1) is 0 Å². The highest BCUT2D eigenvalue weighted by Crippen LogP contribution is 2.28. The quantitative estimate of drug-likeness (QED) is 0.789. The van der Waals surface area contributed by atoms with Gasteiger partial charge in [0.25, 0.3) is 5.91 Å². The molecule has 1 atom stereocenters. The fourth-order valence-electron chi connectivity index (χ4n) is 2.34. The second kappa shape index (κ2) is 4.96. The predicted molar refractivity (Wildman–Crippen MR) is 68.8 cm³/mol. The van der Waals surface area contributed by atoms with E-state index < -0.39 is 6.10 Å². The number of nitrogens with zero attached hydrogens (tertiary/aromatic N) is 1. The lowest BCUT2D eigenvalue weighted by Gasteiger charge is -2.32. The van der Waals surface area contributed by atoms with Gasteiger partial charge in [-0.2, -0.15) is 0 Å². The molecule has 5 nitrogen and oxygen atoms in total. The summed E-state index contributed by atoms with van der Waals surface area (Å²) >= 11 is 0. The lowest BCUT2D eigenvalue weighted by molar-refractivity contribution is -0.124. The lowest BCUT2D eigenvalue weighted by Crippen LogP contribution is -2.51. The van der Waals surface area contributed by atoms with E-state index in [0.29, 0.717) is 6.54 Å². The summed E-state index contributed by atoms with van der Waals surface area (Å²) in [5.41, 5.74) is 0.763. The maximum absolute atomic E-state index is 12.0. The number of carbonyl (C=O) groups excluding carboxylic acids is 1. The van der Waals surface area contributed by atoms with Gasteiger partial charge >= 0.3 is 0 Å². The predicted octanol–water partition coefficient (Wildman–Crippen LogP) is 0.291. The molecule has 2 aliphatic heterocycles. The van der Waals surface area contributed by atoms with E-state index in [1.54, 1.807) is 0 Å². The maximum atomic E-state index is 12.0. The molecule has 96 valence electrons. The van der Waals surface area contributed by atoms with Crippen LogP contribution < -0.4 is 15.4 Å². The molecule has 0 aliphatic carbocycles. The molecular formula is C13H17N3O2. The van der Waals surface area contributed by atoms with Crippen molar-refractivity contribution < 1.29 is 9.53 Å². The van der Waals surface area contributed by atoms with Crippen LogP contribution >= 0.6 is 0 Å². The standard InChI is InChI=1S/C13H17N3O2/c17-13-12(9-16-7-5-14-6-8-16)18-11-4-2-1-3-10(11)15-13/h1-4,12,14H,5-9H2,(H,15,17). The van der Waals surface area contributed by atoms with Crippen molar-refractivity contribution in [1.82, 2.24) is 10.2 Å². The number of hydrogen-bond donors (Lipinski definition) is 2. The molecule has 0 aromatic heterocycles. The van der Waals surface area contributed by atoms with Crippen molar-refractivity contribution in [3.05, 3.63) is 24.3 Å². The number of ether oxygens (including phenoxy) is 1. The minimum absolute atomic E-state index is 0.0489. The Labute approximate surface area is 106 Å². The molecule has 1 amide bonds. The molecule has 3 rings (SSSR count). The summed E-state index contributed by atoms with van der Waals surface area (Å²) in [6.07, 6.45) is -0.405. The second-order valence-electron chi connectivity index (χ2n) is 4.64. The van der Waals surface area contributed by atoms with Gasteiger partial charge in [0, 0.05) is 32.7 Å². The first kappa shape index (κ1) is 11.5. The number of benzene rings is 1. The minimum Gasteiger partial charge on any atom is -0.477 e. The summed E-state index contributed by atoms with van der Waals surface area (Å²) in [5, 5.41) is 6.19. The number of nitrogens with one attached hydrogen (secondary N) is 2. The second-order valence-corrected chi connectivity index (χ2v) is 4.64. The molecule has 1 saturated heterocycles. The van der Waals surface area contributed by atoms with Crippen LogP contribution in [0.2, 0.25) is 0 Å². The van der Waals surface area contributed by atoms with Crippen LogP contribution in [0.15, 0.2) is 24.3 Å². The van der Waals surface area contributed by atoms with Crippen LogP contribution in [0.1, 0.15) is 0 Å². The third kappa shape index (κ3) is 2.32. The summed E-state index contributed by atoms with van der Waals surface area (Å²) < 4.78 is 5.77. The molecule has 1 aromatic rings. The molecule has 0 bridgehead atoms. The Morgan fingerprint density at radius 3 is 2.89 bits per heavy atom. The van der Waals surface area contributed by atoms with Gasteiger partial charge in [-0.15, -0.1) is 0 Å². The number of piperazine rings is 1. The molecule has 2 N–H and O–H groups in total. The van der Waals surface area contributed by atoms with Crippen LogP contribution in [0.4, 0.5) is 5.69 Å². The highest BCUT2D eigenvalue weighted by atomic mass is 16.5. The van der Waals surface area contributed by atoms with Crippen molar-refractivity contribution in [1.29, 1.82) is 0 Å². The van der Waals surface area contributed by atoms with Crippen LogP contribution in [-0.4, -0.2) is 49.6 Å². The van der Waals surface area contributed by atoms with Gasteiger partial charge in [-0.05, 0) is 12.1 Å². The van der Waals surface area contributed by atoms with E-state index in [2.05, 4.69) is 15.5 Å². The average Bonchev–Trinajstić information content (AvgIpc) is 2.41. The van der Waals surface area contributed by atoms with E-state index >= 15 is 0 Å². The van der Waals surface area contributed by atoms with Crippen molar-refractivity contribution in [2.75, 3.05) is 38.0 Å². The number of carbonyl (C=O) groups is 1. The summed E-state index contributed by atoms with van der Waals surface area (Å²) in [5.74, 6) is 0.712. The Morgan fingerprint density at radius 1 is 1.28 bits per heavy atom. The minimum atomic E-state index is -0.405. The van der Waals surface area contributed by atoms with E-state index in [1.807, 2.05) is 24.3 Å². The lowest BCUT2D eigenvalue weighted by atomic mass is 10.2. The van der Waals surface area contributed by atoms with Gasteiger partial charge in [0.1, 0.15) is 5.75 Å². The SMILES string of the molecule is O=C1Nc2ccccc2OC1CN1CCNCC1. The number of fused-ring (bicyclic) bond motifs is 1. The fraction of sp³-hybridized carbons (Fsp3) is 0.462. The first-order valence-corrected chi connectivity index (χ1v) is 6.32. The topological polar surface area (TPSA) is 53.6 Å². The number of para-hydroxylation sites is 2. The molecule has 0 saturated carbocycles. The van der Waals surface area contributed by atoms with Crippen LogP contribution in [0.3, 0.4) is 0 Å². The van der Waals surface area contributed by atoms with Crippen molar-refractivity contribution in [2.45, 2.75) is 6.10 Å². The normalized spacial score (nSPS) is 24.0. The molecule has 1 unspecified atom stereocenters. The molecule has 1 aromatic carbocycles. The number of hydrogen-bond acceptors (Lipinski definition) is 4. The molecular weight excluding hydrogens is 230 g/mol. The van der Waals surface area contributed by atoms with Gasteiger partial charge in [0.2, 0.25) is 0 Å². The van der Waals surface area contributed by atoms with E-state index in [4.69, 9.17) is 4.74 Å². The van der Waals surface area contributed by atoms with E-state index in [-0.39, 0.29) is 5.91 Å². The third-order valence-electron chi connectivity index (χ3n) is 3.34. The zero-order valence-electron chi connectivity index (χ0n) is 10.2. The molecule has 5 heteroatoms. The fourth-order valence-corrected chi connectivity index (χ4v) is 2.34. The zero-order valence-corrected chi connectivity index (χ0v) is 10.2. The van der Waals surface area contributed by atoms with Gasteiger partial charge in [0.15, 0.2) is 6.10 Å². The van der Waals surface area contributed by atoms with E-state index in [1.165, 1.54) is 0 Å². The van der Waals surface area contributed by atoms with Gasteiger partial charge in [-0.1, -0.05) is 12.1 Å². The molecule has 0 spiro atoms. The monoisotopic (exact) mass is 247 g/mol. The summed E-state index contributed by atoms with van der Waals surface area (Å²) in [7, 11) is 0. The summed E-state index contributed by atoms with van der Waals surface area (Å²) in [4.78, 5) is 14.2. The average molecular weight is 247 g/mol. The molecule has 2 aliphatic rings. The summed E-state index contributed by atoms with van der Waals surface area (Å²) in [6, 6.07) is 7.55. The van der Waals surface area contributed by atoms with Crippen LogP contribution in [-0.2, 0) is 4.79 Å². The molecule has 18 heavy (non-hydrogen) atoms. The van der Waals surface area contributed by atoms with E-state index in [9.17, 15) is 4.79 Å². The van der Waals surface area contributed by atoms with Crippen molar-refractivity contribution in [3.8, 4) is 5.75 Å². The highest BCUT2D eigenvalue weighted by molar-refractivity contribution is 5.97. The first-order chi connectivity index (χ1) is 8.83. The third-order valence-corrected chi connectivity index (χ3v) is 3.34. The number of rotatable bonds is 2. The van der Waals surface area contributed by atoms with Crippen LogP contribution in [0.5, 0.6) is 5.75 Å². The molecule has 2 heterocycles. The Bertz CT molecular complexity index is 444.